The molecule has 1 aromatic carbocycles. The number of furan rings is 1. The largest absolute Gasteiger partial charge is 0.467 e. The Kier molecular flexibility index (Phi) is 5.42. The summed E-state index contributed by atoms with van der Waals surface area (Å²) in [6.07, 6.45) is 6.05. The average Bonchev–Trinajstić information content (AvgIpc) is 3.35. The van der Waals surface area contributed by atoms with Gasteiger partial charge in [0.2, 0.25) is 5.91 Å². The fourth-order valence-electron chi connectivity index (χ4n) is 4.14. The molecule has 1 saturated heterocycles. The monoisotopic (exact) mass is 402 g/mol. The molecular weight excluding hydrogens is 380 g/mol. The molecular formula is C21H23ClN2O4. The highest BCUT2D eigenvalue weighted by Crippen LogP contribution is 2.41. The normalized spacial score (nSPS) is 21.0. The van der Waals surface area contributed by atoms with Gasteiger partial charge in [0.05, 0.1) is 30.0 Å². The number of nitrogens with one attached hydrogen (secondary N) is 1. The lowest BCUT2D eigenvalue weighted by molar-refractivity contribution is -0.127. The number of rotatable bonds is 4. The Balaban J connectivity index is 1.60. The van der Waals surface area contributed by atoms with Crippen LogP contribution in [0.5, 0.6) is 0 Å². The number of nitrogens with zero attached hydrogens (tertiary/aromatic N) is 1. The Morgan fingerprint density at radius 3 is 2.64 bits per heavy atom. The van der Waals surface area contributed by atoms with Crippen molar-refractivity contribution in [1.29, 1.82) is 0 Å². The Bertz CT molecular complexity index is 846. The van der Waals surface area contributed by atoms with Gasteiger partial charge in [0.15, 0.2) is 0 Å². The van der Waals surface area contributed by atoms with Crippen molar-refractivity contribution in [1.82, 2.24) is 10.2 Å². The van der Waals surface area contributed by atoms with Gasteiger partial charge in [-0.15, -0.1) is 0 Å². The third kappa shape index (κ3) is 3.54. The van der Waals surface area contributed by atoms with E-state index in [-0.39, 0.29) is 25.0 Å². The van der Waals surface area contributed by atoms with Crippen molar-refractivity contribution in [2.24, 2.45) is 0 Å². The van der Waals surface area contributed by atoms with E-state index in [1.165, 1.54) is 0 Å². The van der Waals surface area contributed by atoms with Crippen LogP contribution in [0.2, 0.25) is 5.02 Å². The maximum atomic E-state index is 13.5. The zero-order valence-corrected chi connectivity index (χ0v) is 16.3. The van der Waals surface area contributed by atoms with E-state index in [0.717, 1.165) is 32.1 Å². The van der Waals surface area contributed by atoms with Crippen molar-refractivity contribution in [3.8, 4) is 0 Å². The van der Waals surface area contributed by atoms with Gasteiger partial charge in [0.1, 0.15) is 17.5 Å². The summed E-state index contributed by atoms with van der Waals surface area (Å²) in [7, 11) is 0. The summed E-state index contributed by atoms with van der Waals surface area (Å²) in [6, 6.07) is 9.80. The topological polar surface area (TPSA) is 71.8 Å². The van der Waals surface area contributed by atoms with Crippen LogP contribution >= 0.6 is 11.6 Å². The van der Waals surface area contributed by atoms with Crippen LogP contribution in [-0.2, 0) is 16.1 Å². The van der Waals surface area contributed by atoms with Gasteiger partial charge in [-0.25, -0.2) is 0 Å². The molecule has 4 rings (SSSR count). The fraction of sp³-hybridized carbons (Fsp3) is 0.429. The second-order valence-corrected chi connectivity index (χ2v) is 7.69. The summed E-state index contributed by atoms with van der Waals surface area (Å²) < 4.78 is 11.4. The van der Waals surface area contributed by atoms with Crippen LogP contribution in [-0.4, -0.2) is 35.1 Å². The first-order valence-electron chi connectivity index (χ1n) is 9.63. The van der Waals surface area contributed by atoms with Gasteiger partial charge in [-0.05, 0) is 49.9 Å². The number of hydrogen-bond acceptors (Lipinski definition) is 4. The highest BCUT2D eigenvalue weighted by atomic mass is 35.5. The number of hydrogen-bond donors (Lipinski definition) is 1. The molecule has 2 heterocycles. The van der Waals surface area contributed by atoms with Gasteiger partial charge in [0.25, 0.3) is 5.91 Å². The number of halogens is 1. The van der Waals surface area contributed by atoms with Gasteiger partial charge in [-0.1, -0.05) is 30.2 Å². The molecule has 2 aliphatic rings. The van der Waals surface area contributed by atoms with E-state index in [1.807, 2.05) is 0 Å². The molecule has 7 heteroatoms. The summed E-state index contributed by atoms with van der Waals surface area (Å²) in [5.74, 6) is 0.144. The lowest BCUT2D eigenvalue weighted by Gasteiger charge is -2.41. The number of carbonyl (C=O) groups is 2. The van der Waals surface area contributed by atoms with Gasteiger partial charge >= 0.3 is 0 Å². The highest BCUT2D eigenvalue weighted by molar-refractivity contribution is 6.33. The van der Waals surface area contributed by atoms with Crippen LogP contribution in [0.15, 0.2) is 47.1 Å². The Labute approximate surface area is 168 Å². The second kappa shape index (κ2) is 7.97. The highest BCUT2D eigenvalue weighted by Gasteiger charge is 2.53. The van der Waals surface area contributed by atoms with Crippen LogP contribution in [0.1, 0.15) is 48.2 Å². The van der Waals surface area contributed by atoms with Crippen molar-refractivity contribution < 1.29 is 18.7 Å². The lowest BCUT2D eigenvalue weighted by Crippen LogP contribution is -2.56. The molecule has 0 unspecified atom stereocenters. The molecule has 0 radical (unpaired) electrons. The molecule has 2 fully saturated rings. The van der Waals surface area contributed by atoms with E-state index in [2.05, 4.69) is 5.32 Å². The predicted octanol–water partition coefficient (Wildman–Crippen LogP) is 3.75. The van der Waals surface area contributed by atoms with Gasteiger partial charge < -0.3 is 14.5 Å². The van der Waals surface area contributed by atoms with Crippen LogP contribution in [0.3, 0.4) is 0 Å². The quantitative estimate of drug-likeness (QED) is 0.845. The maximum Gasteiger partial charge on any atom is 0.258 e. The van der Waals surface area contributed by atoms with Crippen molar-refractivity contribution in [2.75, 3.05) is 6.61 Å². The summed E-state index contributed by atoms with van der Waals surface area (Å²) in [5.41, 5.74) is -0.343. The van der Waals surface area contributed by atoms with Crippen LogP contribution < -0.4 is 5.32 Å². The molecule has 1 atom stereocenters. The Morgan fingerprint density at radius 2 is 1.93 bits per heavy atom. The van der Waals surface area contributed by atoms with E-state index >= 15 is 0 Å². The number of carbonyl (C=O) groups excluding carboxylic acids is 2. The van der Waals surface area contributed by atoms with E-state index in [4.69, 9.17) is 20.8 Å². The third-order valence-corrected chi connectivity index (χ3v) is 5.87. The summed E-state index contributed by atoms with van der Waals surface area (Å²) >= 11 is 6.28. The standard InChI is InChI=1S/C21H23ClN2O4/c22-17-9-3-2-8-16(17)20(26)24-18(14-28-21(24)10-4-1-5-11-21)19(25)23-13-15-7-6-12-27-15/h2-3,6-9,12,18H,1,4-5,10-11,13-14H2,(H,23,25)/t18-/m0/s1. The molecule has 1 spiro atoms. The molecule has 6 nitrogen and oxygen atoms in total. The van der Waals surface area contributed by atoms with Crippen molar-refractivity contribution in [3.63, 3.8) is 0 Å². The van der Waals surface area contributed by atoms with Crippen LogP contribution in [0.25, 0.3) is 0 Å². The summed E-state index contributed by atoms with van der Waals surface area (Å²) in [6.45, 7) is 0.448. The molecule has 2 amide bonds. The number of ether oxygens (including phenoxy) is 1. The van der Waals surface area contributed by atoms with Crippen molar-refractivity contribution >= 4 is 23.4 Å². The number of amides is 2. The zero-order valence-electron chi connectivity index (χ0n) is 15.5. The molecule has 0 bridgehead atoms. The van der Waals surface area contributed by atoms with Gasteiger partial charge in [-0.2, -0.15) is 0 Å². The molecule has 1 aliphatic heterocycles. The van der Waals surface area contributed by atoms with Crippen LogP contribution in [0, 0.1) is 0 Å². The molecule has 2 aromatic rings. The average molecular weight is 403 g/mol. The Hall–Kier alpha value is -2.31. The second-order valence-electron chi connectivity index (χ2n) is 7.29. The molecule has 28 heavy (non-hydrogen) atoms. The predicted molar refractivity (Wildman–Crippen MR) is 104 cm³/mol. The molecule has 1 N–H and O–H groups in total. The minimum Gasteiger partial charge on any atom is -0.467 e. The maximum absolute atomic E-state index is 13.5. The van der Waals surface area contributed by atoms with Crippen molar-refractivity contribution in [2.45, 2.75) is 50.4 Å². The summed E-state index contributed by atoms with van der Waals surface area (Å²) in [5, 5.41) is 3.24. The first-order valence-corrected chi connectivity index (χ1v) is 10.0. The zero-order chi connectivity index (χ0) is 19.6. The van der Waals surface area contributed by atoms with E-state index in [9.17, 15) is 9.59 Å². The van der Waals surface area contributed by atoms with Crippen molar-refractivity contribution in [3.05, 3.63) is 59.0 Å². The van der Waals surface area contributed by atoms with Gasteiger partial charge in [0, 0.05) is 0 Å². The van der Waals surface area contributed by atoms with Crippen LogP contribution in [0.4, 0.5) is 0 Å². The SMILES string of the molecule is O=C(NCc1ccco1)[C@@H]1COC2(CCCCC2)N1C(=O)c1ccccc1Cl. The smallest absolute Gasteiger partial charge is 0.258 e. The lowest BCUT2D eigenvalue weighted by atomic mass is 9.89. The minimum atomic E-state index is -0.735. The fourth-order valence-corrected chi connectivity index (χ4v) is 4.36. The minimum absolute atomic E-state index is 0.181. The van der Waals surface area contributed by atoms with E-state index < -0.39 is 11.8 Å². The first-order chi connectivity index (χ1) is 13.6. The molecule has 148 valence electrons. The van der Waals surface area contributed by atoms with E-state index in [1.54, 1.807) is 47.6 Å². The van der Waals surface area contributed by atoms with E-state index in [0.29, 0.717) is 16.3 Å². The summed E-state index contributed by atoms with van der Waals surface area (Å²) in [4.78, 5) is 28.0. The first kappa shape index (κ1) is 19.0. The van der Waals surface area contributed by atoms with Gasteiger partial charge in [-0.3, -0.25) is 14.5 Å². The number of benzene rings is 1. The Morgan fingerprint density at radius 1 is 1.14 bits per heavy atom. The molecule has 1 saturated carbocycles. The third-order valence-electron chi connectivity index (χ3n) is 5.54. The molecule has 1 aliphatic carbocycles. The molecule has 1 aromatic heterocycles.